The first-order valence-electron chi connectivity index (χ1n) is 6.34. The number of nitrogens with zero attached hydrogens (tertiary/aromatic N) is 2. The number of hydrogen-bond acceptors (Lipinski definition) is 6. The Labute approximate surface area is 126 Å². The number of non-ortho nitro benzene ring substituents is 1. The topological polar surface area (TPSA) is 108 Å². The Morgan fingerprint density at radius 3 is 2.41 bits per heavy atom. The number of hydrogen-bond donors (Lipinski definition) is 1. The molecule has 22 heavy (non-hydrogen) atoms. The van der Waals surface area contributed by atoms with Crippen molar-refractivity contribution in [3.8, 4) is 0 Å². The number of carboxylic acid groups (broad SMARTS) is 1. The molecule has 0 bridgehead atoms. The third kappa shape index (κ3) is 3.66. The minimum atomic E-state index is -1.25. The van der Waals surface area contributed by atoms with Gasteiger partial charge in [0.1, 0.15) is 0 Å². The standard InChI is InChI=1S/C15H13N3O4/c1-10(12-3-2-4-14(9-12)18(21)22)16-17-13-7-5-11(6-8-13)15(19)20/h2-9,17H,1H3,(H,19,20)/p-1/b16-10+. The molecule has 2 aromatic carbocycles. The molecule has 0 aliphatic heterocycles. The van der Waals surface area contributed by atoms with Gasteiger partial charge in [0.2, 0.25) is 0 Å². The number of benzene rings is 2. The van der Waals surface area contributed by atoms with Crippen molar-refractivity contribution in [2.24, 2.45) is 5.10 Å². The Kier molecular flexibility index (Phi) is 4.47. The van der Waals surface area contributed by atoms with Crippen LogP contribution in [0.3, 0.4) is 0 Å². The highest BCUT2D eigenvalue weighted by atomic mass is 16.6. The fourth-order valence-corrected chi connectivity index (χ4v) is 1.74. The highest BCUT2D eigenvalue weighted by Gasteiger charge is 2.07. The molecule has 0 spiro atoms. The van der Waals surface area contributed by atoms with Crippen LogP contribution >= 0.6 is 0 Å². The van der Waals surface area contributed by atoms with Gasteiger partial charge in [-0.2, -0.15) is 5.10 Å². The Morgan fingerprint density at radius 2 is 1.82 bits per heavy atom. The Bertz CT molecular complexity index is 739. The minimum absolute atomic E-state index is 0.00892. The minimum Gasteiger partial charge on any atom is -0.545 e. The second-order valence-corrected chi connectivity index (χ2v) is 4.48. The predicted octanol–water partition coefficient (Wildman–Crippen LogP) is 1.79. The molecule has 0 atom stereocenters. The van der Waals surface area contributed by atoms with Crippen molar-refractivity contribution in [1.29, 1.82) is 0 Å². The van der Waals surface area contributed by atoms with Crippen LogP contribution in [-0.2, 0) is 0 Å². The third-order valence-corrected chi connectivity index (χ3v) is 2.95. The number of nitrogens with one attached hydrogen (secondary N) is 1. The SMILES string of the molecule is C/C(=N\Nc1ccc(C(=O)[O-])cc1)c1cccc([N+](=O)[O-])c1. The van der Waals surface area contributed by atoms with Crippen molar-refractivity contribution in [1.82, 2.24) is 0 Å². The Balaban J connectivity index is 2.14. The van der Waals surface area contributed by atoms with Crippen LogP contribution in [0.2, 0.25) is 0 Å². The summed E-state index contributed by atoms with van der Waals surface area (Å²) in [4.78, 5) is 20.9. The van der Waals surface area contributed by atoms with Gasteiger partial charge in [0, 0.05) is 17.7 Å². The fourth-order valence-electron chi connectivity index (χ4n) is 1.74. The molecule has 0 heterocycles. The van der Waals surface area contributed by atoms with E-state index in [1.54, 1.807) is 31.2 Å². The second kappa shape index (κ2) is 6.49. The van der Waals surface area contributed by atoms with Gasteiger partial charge in [0.15, 0.2) is 0 Å². The van der Waals surface area contributed by atoms with E-state index in [2.05, 4.69) is 10.5 Å². The maximum absolute atomic E-state index is 10.7. The predicted molar refractivity (Wildman–Crippen MR) is 79.7 cm³/mol. The van der Waals surface area contributed by atoms with E-state index in [-0.39, 0.29) is 11.3 Å². The van der Waals surface area contributed by atoms with Gasteiger partial charge < -0.3 is 9.90 Å². The maximum Gasteiger partial charge on any atom is 0.270 e. The molecule has 2 aromatic rings. The molecule has 7 nitrogen and oxygen atoms in total. The first kappa shape index (κ1) is 15.2. The summed E-state index contributed by atoms with van der Waals surface area (Å²) in [6.45, 7) is 1.71. The lowest BCUT2D eigenvalue weighted by molar-refractivity contribution is -0.384. The van der Waals surface area contributed by atoms with Gasteiger partial charge in [-0.05, 0) is 24.6 Å². The van der Waals surface area contributed by atoms with E-state index in [4.69, 9.17) is 0 Å². The molecule has 112 valence electrons. The first-order chi connectivity index (χ1) is 10.5. The lowest BCUT2D eigenvalue weighted by Crippen LogP contribution is -2.21. The van der Waals surface area contributed by atoms with Crippen molar-refractivity contribution in [2.45, 2.75) is 6.92 Å². The smallest absolute Gasteiger partial charge is 0.270 e. The van der Waals surface area contributed by atoms with Crippen LogP contribution in [0.25, 0.3) is 0 Å². The fraction of sp³-hybridized carbons (Fsp3) is 0.0667. The van der Waals surface area contributed by atoms with Crippen LogP contribution in [0, 0.1) is 10.1 Å². The largest absolute Gasteiger partial charge is 0.545 e. The molecule has 0 aromatic heterocycles. The normalized spacial score (nSPS) is 11.0. The van der Waals surface area contributed by atoms with Gasteiger partial charge in [0.25, 0.3) is 5.69 Å². The lowest BCUT2D eigenvalue weighted by Gasteiger charge is -2.06. The molecule has 0 radical (unpaired) electrons. The van der Waals surface area contributed by atoms with E-state index in [1.165, 1.54) is 24.3 Å². The monoisotopic (exact) mass is 298 g/mol. The van der Waals surface area contributed by atoms with Crippen LogP contribution in [0.15, 0.2) is 53.6 Å². The van der Waals surface area contributed by atoms with Crippen molar-refractivity contribution >= 4 is 23.1 Å². The molecular weight excluding hydrogens is 286 g/mol. The van der Waals surface area contributed by atoms with Gasteiger partial charge in [-0.3, -0.25) is 15.5 Å². The highest BCUT2D eigenvalue weighted by molar-refractivity contribution is 5.99. The molecule has 0 amide bonds. The number of rotatable bonds is 5. The molecule has 7 heteroatoms. The van der Waals surface area contributed by atoms with Crippen molar-refractivity contribution in [3.63, 3.8) is 0 Å². The highest BCUT2D eigenvalue weighted by Crippen LogP contribution is 2.14. The number of aromatic carboxylic acids is 1. The van der Waals surface area contributed by atoms with Crippen LogP contribution < -0.4 is 10.5 Å². The van der Waals surface area contributed by atoms with Crippen molar-refractivity contribution in [3.05, 3.63) is 69.8 Å². The number of nitro groups is 1. The average Bonchev–Trinajstić information content (AvgIpc) is 2.53. The van der Waals surface area contributed by atoms with Crippen LogP contribution in [0.5, 0.6) is 0 Å². The van der Waals surface area contributed by atoms with E-state index in [1.807, 2.05) is 0 Å². The quantitative estimate of drug-likeness (QED) is 0.514. The number of anilines is 1. The molecule has 1 N–H and O–H groups in total. The Hall–Kier alpha value is -3.22. The lowest BCUT2D eigenvalue weighted by atomic mass is 10.1. The zero-order chi connectivity index (χ0) is 16.1. The Morgan fingerprint density at radius 1 is 1.14 bits per heavy atom. The second-order valence-electron chi connectivity index (χ2n) is 4.48. The van der Waals surface area contributed by atoms with Gasteiger partial charge in [-0.15, -0.1) is 0 Å². The van der Waals surface area contributed by atoms with E-state index in [9.17, 15) is 20.0 Å². The number of nitro benzene ring substituents is 1. The van der Waals surface area contributed by atoms with Gasteiger partial charge in [-0.1, -0.05) is 24.3 Å². The summed E-state index contributed by atoms with van der Waals surface area (Å²) in [6, 6.07) is 12.0. The summed E-state index contributed by atoms with van der Waals surface area (Å²) in [6.07, 6.45) is 0. The zero-order valence-electron chi connectivity index (χ0n) is 11.6. The summed E-state index contributed by atoms with van der Waals surface area (Å²) >= 11 is 0. The maximum atomic E-state index is 10.7. The van der Waals surface area contributed by atoms with Crippen LogP contribution in [0.1, 0.15) is 22.8 Å². The third-order valence-electron chi connectivity index (χ3n) is 2.95. The van der Waals surface area contributed by atoms with Crippen LogP contribution in [-0.4, -0.2) is 16.6 Å². The van der Waals surface area contributed by atoms with Gasteiger partial charge in [-0.25, -0.2) is 0 Å². The van der Waals surface area contributed by atoms with Crippen molar-refractivity contribution in [2.75, 3.05) is 5.43 Å². The molecule has 0 fully saturated rings. The summed E-state index contributed by atoms with van der Waals surface area (Å²) in [7, 11) is 0. The van der Waals surface area contributed by atoms with Gasteiger partial charge in [0.05, 0.1) is 22.3 Å². The van der Waals surface area contributed by atoms with E-state index in [0.29, 0.717) is 17.0 Å². The summed E-state index contributed by atoms with van der Waals surface area (Å²) in [5.74, 6) is -1.25. The number of carboxylic acids is 1. The van der Waals surface area contributed by atoms with Crippen LogP contribution in [0.4, 0.5) is 11.4 Å². The van der Waals surface area contributed by atoms with E-state index >= 15 is 0 Å². The molecule has 0 saturated carbocycles. The number of carbonyl (C=O) groups excluding carboxylic acids is 1. The molecule has 0 unspecified atom stereocenters. The van der Waals surface area contributed by atoms with Crippen molar-refractivity contribution < 1.29 is 14.8 Å². The van der Waals surface area contributed by atoms with E-state index < -0.39 is 10.9 Å². The number of hydrazone groups is 1. The van der Waals surface area contributed by atoms with E-state index in [0.717, 1.165) is 0 Å². The first-order valence-corrected chi connectivity index (χ1v) is 6.34. The average molecular weight is 298 g/mol. The van der Waals surface area contributed by atoms with Gasteiger partial charge >= 0.3 is 0 Å². The summed E-state index contributed by atoms with van der Waals surface area (Å²) in [5.41, 5.74) is 4.60. The molecule has 0 saturated heterocycles. The zero-order valence-corrected chi connectivity index (χ0v) is 11.6. The molecular formula is C15H12N3O4-. The number of carbonyl (C=O) groups is 1. The summed E-state index contributed by atoms with van der Waals surface area (Å²) in [5, 5.41) is 25.5. The molecule has 2 rings (SSSR count). The summed E-state index contributed by atoms with van der Waals surface area (Å²) < 4.78 is 0. The molecule has 0 aliphatic carbocycles. The molecule has 0 aliphatic rings.